The number of hydrogen-bond acceptors (Lipinski definition) is 2. The molecule has 1 rings (SSSR count). The predicted molar refractivity (Wildman–Crippen MR) is 59.3 cm³/mol. The third-order valence-corrected chi connectivity index (χ3v) is 3.47. The third-order valence-electron chi connectivity index (χ3n) is 3.47. The van der Waals surface area contributed by atoms with Crippen LogP contribution in [0.15, 0.2) is 0 Å². The van der Waals surface area contributed by atoms with Crippen molar-refractivity contribution < 1.29 is 4.79 Å². The van der Waals surface area contributed by atoms with Crippen molar-refractivity contribution in [3.05, 3.63) is 0 Å². The van der Waals surface area contributed by atoms with Crippen LogP contribution in [0.4, 0.5) is 0 Å². The molecule has 0 amide bonds. The minimum absolute atomic E-state index is 0.212. The fourth-order valence-electron chi connectivity index (χ4n) is 2.28. The summed E-state index contributed by atoms with van der Waals surface area (Å²) in [6.45, 7) is 6.73. The van der Waals surface area contributed by atoms with Crippen LogP contribution >= 0.6 is 0 Å². The lowest BCUT2D eigenvalue weighted by Gasteiger charge is -2.34. The van der Waals surface area contributed by atoms with Gasteiger partial charge < -0.3 is 4.79 Å². The molecule has 0 radical (unpaired) electrons. The van der Waals surface area contributed by atoms with Gasteiger partial charge in [-0.2, -0.15) is 0 Å². The highest BCUT2D eigenvalue weighted by molar-refractivity contribution is 5.57. The Balaban J connectivity index is 2.42. The van der Waals surface area contributed by atoms with Crippen molar-refractivity contribution >= 4 is 6.29 Å². The third kappa shape index (κ3) is 3.09. The molecule has 1 heterocycles. The predicted octanol–water partition coefficient (Wildman–Crippen LogP) is 2.48. The summed E-state index contributed by atoms with van der Waals surface area (Å²) in [5.41, 5.74) is 0. The molecule has 1 aliphatic heterocycles. The highest BCUT2D eigenvalue weighted by Crippen LogP contribution is 2.19. The van der Waals surface area contributed by atoms with Gasteiger partial charge in [0.25, 0.3) is 0 Å². The number of rotatable bonds is 5. The number of carbonyl (C=O) groups is 1. The summed E-state index contributed by atoms with van der Waals surface area (Å²) < 4.78 is 0. The van der Waals surface area contributed by atoms with Gasteiger partial charge in [0.05, 0.1) is 6.04 Å². The fraction of sp³-hybridized carbons (Fsp3) is 0.917. The summed E-state index contributed by atoms with van der Waals surface area (Å²) in [7, 11) is 0. The van der Waals surface area contributed by atoms with E-state index in [-0.39, 0.29) is 6.04 Å². The second-order valence-corrected chi connectivity index (χ2v) is 4.38. The molecule has 0 aliphatic carbocycles. The smallest absolute Gasteiger partial charge is 0.137 e. The zero-order valence-corrected chi connectivity index (χ0v) is 9.54. The molecule has 1 fully saturated rings. The molecule has 1 atom stereocenters. The van der Waals surface area contributed by atoms with E-state index in [0.29, 0.717) is 0 Å². The first-order chi connectivity index (χ1) is 6.81. The fourth-order valence-corrected chi connectivity index (χ4v) is 2.28. The van der Waals surface area contributed by atoms with E-state index in [4.69, 9.17) is 0 Å². The highest BCUT2D eigenvalue weighted by Gasteiger charge is 2.23. The van der Waals surface area contributed by atoms with Crippen molar-refractivity contribution in [3.8, 4) is 0 Å². The molecule has 82 valence electrons. The van der Waals surface area contributed by atoms with Crippen LogP contribution in [0, 0.1) is 5.92 Å². The lowest BCUT2D eigenvalue weighted by atomic mass is 9.98. The highest BCUT2D eigenvalue weighted by atomic mass is 16.1. The van der Waals surface area contributed by atoms with Gasteiger partial charge in [0.2, 0.25) is 0 Å². The van der Waals surface area contributed by atoms with E-state index in [9.17, 15) is 4.79 Å². The van der Waals surface area contributed by atoms with Crippen LogP contribution in [0.25, 0.3) is 0 Å². The molecular formula is C12H23NO. The molecule has 2 nitrogen and oxygen atoms in total. The number of likely N-dealkylation sites (tertiary alicyclic amines) is 1. The Morgan fingerprint density at radius 1 is 1.36 bits per heavy atom. The number of aldehydes is 1. The van der Waals surface area contributed by atoms with Gasteiger partial charge in [-0.3, -0.25) is 4.90 Å². The summed E-state index contributed by atoms with van der Waals surface area (Å²) in [6.07, 6.45) is 7.18. The van der Waals surface area contributed by atoms with E-state index >= 15 is 0 Å². The van der Waals surface area contributed by atoms with Crippen LogP contribution in [-0.4, -0.2) is 30.3 Å². The minimum Gasteiger partial charge on any atom is -0.302 e. The number of carbonyl (C=O) groups excluding carboxylic acids is 1. The molecule has 0 bridgehead atoms. The Morgan fingerprint density at radius 2 is 2.07 bits per heavy atom. The van der Waals surface area contributed by atoms with Gasteiger partial charge in [0.15, 0.2) is 0 Å². The molecule has 1 saturated heterocycles. The van der Waals surface area contributed by atoms with Crippen LogP contribution in [0.1, 0.15) is 46.0 Å². The van der Waals surface area contributed by atoms with E-state index in [1.165, 1.54) is 25.7 Å². The molecular weight excluding hydrogens is 174 g/mol. The van der Waals surface area contributed by atoms with Crippen molar-refractivity contribution in [1.82, 2.24) is 4.90 Å². The summed E-state index contributed by atoms with van der Waals surface area (Å²) in [5.74, 6) is 0.774. The largest absolute Gasteiger partial charge is 0.302 e. The first-order valence-corrected chi connectivity index (χ1v) is 6.01. The van der Waals surface area contributed by atoms with Gasteiger partial charge in [-0.05, 0) is 25.3 Å². The second kappa shape index (κ2) is 6.18. The Hall–Kier alpha value is -0.370. The average Bonchev–Trinajstić information content (AvgIpc) is 2.26. The maximum Gasteiger partial charge on any atom is 0.137 e. The molecule has 0 aromatic heterocycles. The maximum atomic E-state index is 10.9. The Bertz CT molecular complexity index is 166. The maximum absolute atomic E-state index is 10.9. The van der Waals surface area contributed by atoms with Crippen LogP contribution in [0.3, 0.4) is 0 Å². The molecule has 14 heavy (non-hydrogen) atoms. The number of hydrogen-bond donors (Lipinski definition) is 0. The molecule has 0 spiro atoms. The van der Waals surface area contributed by atoms with Crippen molar-refractivity contribution in [2.45, 2.75) is 52.0 Å². The van der Waals surface area contributed by atoms with E-state index in [1.54, 1.807) is 0 Å². The van der Waals surface area contributed by atoms with Crippen molar-refractivity contribution in [1.29, 1.82) is 0 Å². The van der Waals surface area contributed by atoms with Gasteiger partial charge in [-0.15, -0.1) is 0 Å². The van der Waals surface area contributed by atoms with Gasteiger partial charge in [0.1, 0.15) is 6.29 Å². The minimum atomic E-state index is 0.212. The first-order valence-electron chi connectivity index (χ1n) is 6.01. The van der Waals surface area contributed by atoms with Crippen molar-refractivity contribution in [2.75, 3.05) is 13.1 Å². The van der Waals surface area contributed by atoms with Crippen molar-refractivity contribution in [3.63, 3.8) is 0 Å². The Morgan fingerprint density at radius 3 is 2.64 bits per heavy atom. The molecule has 0 N–H and O–H groups in total. The van der Waals surface area contributed by atoms with Gasteiger partial charge in [-0.1, -0.05) is 33.1 Å². The molecule has 0 aromatic carbocycles. The van der Waals surface area contributed by atoms with E-state index < -0.39 is 0 Å². The van der Waals surface area contributed by atoms with E-state index in [1.807, 2.05) is 0 Å². The standard InChI is InChI=1S/C12H23NO/c1-3-11(4-2)9-13-8-6-5-7-12(13)10-14/h10-12H,3-9H2,1-2H3. The number of piperidine rings is 1. The van der Waals surface area contributed by atoms with Gasteiger partial charge in [0, 0.05) is 6.54 Å². The lowest BCUT2D eigenvalue weighted by molar-refractivity contribution is -0.113. The van der Waals surface area contributed by atoms with E-state index in [0.717, 1.165) is 31.7 Å². The van der Waals surface area contributed by atoms with Crippen LogP contribution in [0.5, 0.6) is 0 Å². The monoisotopic (exact) mass is 197 g/mol. The second-order valence-electron chi connectivity index (χ2n) is 4.38. The van der Waals surface area contributed by atoms with E-state index in [2.05, 4.69) is 18.7 Å². The first kappa shape index (κ1) is 11.7. The topological polar surface area (TPSA) is 20.3 Å². The number of nitrogens with zero attached hydrogens (tertiary/aromatic N) is 1. The summed E-state index contributed by atoms with van der Waals surface area (Å²) in [4.78, 5) is 13.3. The Kier molecular flexibility index (Phi) is 5.16. The zero-order chi connectivity index (χ0) is 10.4. The van der Waals surface area contributed by atoms with Crippen LogP contribution in [0.2, 0.25) is 0 Å². The molecule has 1 unspecified atom stereocenters. The Labute approximate surface area is 87.7 Å². The van der Waals surface area contributed by atoms with Gasteiger partial charge in [-0.25, -0.2) is 0 Å². The molecule has 0 aromatic rings. The lowest BCUT2D eigenvalue weighted by Crippen LogP contribution is -2.43. The summed E-state index contributed by atoms with van der Waals surface area (Å²) in [6, 6.07) is 0.212. The SMILES string of the molecule is CCC(CC)CN1CCCCC1C=O. The molecule has 1 aliphatic rings. The van der Waals surface area contributed by atoms with Gasteiger partial charge >= 0.3 is 0 Å². The normalized spacial score (nSPS) is 24.1. The summed E-state index contributed by atoms with van der Waals surface area (Å²) in [5, 5.41) is 0. The zero-order valence-electron chi connectivity index (χ0n) is 9.54. The molecule has 0 saturated carbocycles. The van der Waals surface area contributed by atoms with Crippen molar-refractivity contribution in [2.24, 2.45) is 5.92 Å². The van der Waals surface area contributed by atoms with Crippen LogP contribution in [-0.2, 0) is 4.79 Å². The van der Waals surface area contributed by atoms with Crippen LogP contribution < -0.4 is 0 Å². The summed E-state index contributed by atoms with van der Waals surface area (Å²) >= 11 is 0. The molecule has 2 heteroatoms. The average molecular weight is 197 g/mol. The quantitative estimate of drug-likeness (QED) is 0.631.